The maximum absolute atomic E-state index is 11.8. The number of phenols is 1. The summed E-state index contributed by atoms with van der Waals surface area (Å²) < 4.78 is 4.67. The van der Waals surface area contributed by atoms with Crippen molar-refractivity contribution in [3.63, 3.8) is 0 Å². The van der Waals surface area contributed by atoms with Crippen molar-refractivity contribution in [3.8, 4) is 5.75 Å². The lowest BCUT2D eigenvalue weighted by molar-refractivity contribution is -0.385. The zero-order valence-corrected chi connectivity index (χ0v) is 10.8. The Hall–Kier alpha value is -2.64. The second-order valence-corrected chi connectivity index (χ2v) is 3.77. The number of rotatable bonds is 6. The molecule has 0 aromatic heterocycles. The van der Waals surface area contributed by atoms with Crippen LogP contribution in [0.2, 0.25) is 0 Å². The van der Waals surface area contributed by atoms with Gasteiger partial charge in [-0.1, -0.05) is 0 Å². The summed E-state index contributed by atoms with van der Waals surface area (Å²) >= 11 is 0. The Balaban J connectivity index is 2.70. The van der Waals surface area contributed by atoms with Crippen molar-refractivity contribution in [1.82, 2.24) is 5.32 Å². The SMILES string of the molecule is CCOC(=O)CCNC(=O)c1cc(O)ccc1[N+](=O)[O-]. The van der Waals surface area contributed by atoms with Crippen LogP contribution in [0.4, 0.5) is 5.69 Å². The van der Waals surface area contributed by atoms with E-state index in [0.717, 1.165) is 18.2 Å². The lowest BCUT2D eigenvalue weighted by atomic mass is 10.1. The van der Waals surface area contributed by atoms with E-state index in [1.807, 2.05) is 0 Å². The second-order valence-electron chi connectivity index (χ2n) is 3.77. The minimum atomic E-state index is -0.739. The summed E-state index contributed by atoms with van der Waals surface area (Å²) in [6.07, 6.45) is -0.0355. The fraction of sp³-hybridized carbons (Fsp3) is 0.333. The third kappa shape index (κ3) is 4.23. The molecule has 108 valence electrons. The van der Waals surface area contributed by atoms with Crippen molar-refractivity contribution in [2.45, 2.75) is 13.3 Å². The van der Waals surface area contributed by atoms with Crippen LogP contribution in [0.25, 0.3) is 0 Å². The smallest absolute Gasteiger partial charge is 0.307 e. The number of benzene rings is 1. The normalized spacial score (nSPS) is 9.85. The molecule has 1 amide bonds. The number of nitrogens with zero attached hydrogens (tertiary/aromatic N) is 1. The monoisotopic (exact) mass is 282 g/mol. The van der Waals surface area contributed by atoms with Crippen LogP contribution < -0.4 is 5.32 Å². The fourth-order valence-electron chi connectivity index (χ4n) is 1.47. The highest BCUT2D eigenvalue weighted by Gasteiger charge is 2.20. The molecule has 0 aliphatic carbocycles. The standard InChI is InChI=1S/C12H14N2O6/c1-2-20-11(16)5-6-13-12(17)9-7-8(15)3-4-10(9)14(18)19/h3-4,7,15H,2,5-6H2,1H3,(H,13,17). The van der Waals surface area contributed by atoms with Crippen molar-refractivity contribution in [2.75, 3.05) is 13.2 Å². The van der Waals surface area contributed by atoms with Gasteiger partial charge in [0.25, 0.3) is 11.6 Å². The molecule has 0 heterocycles. The summed E-state index contributed by atoms with van der Waals surface area (Å²) in [5.41, 5.74) is -0.685. The molecule has 0 fully saturated rings. The summed E-state index contributed by atoms with van der Waals surface area (Å²) in [6, 6.07) is 3.15. The molecule has 20 heavy (non-hydrogen) atoms. The van der Waals surface area contributed by atoms with Crippen LogP contribution >= 0.6 is 0 Å². The molecular formula is C12H14N2O6. The van der Waals surface area contributed by atoms with Gasteiger partial charge in [0.05, 0.1) is 18.0 Å². The van der Waals surface area contributed by atoms with Crippen molar-refractivity contribution < 1.29 is 24.4 Å². The third-order valence-electron chi connectivity index (χ3n) is 2.34. The van der Waals surface area contributed by atoms with Gasteiger partial charge in [-0.15, -0.1) is 0 Å². The van der Waals surface area contributed by atoms with E-state index in [1.54, 1.807) is 6.92 Å². The molecule has 0 radical (unpaired) electrons. The molecule has 0 atom stereocenters. The maximum atomic E-state index is 11.8. The molecule has 0 saturated heterocycles. The van der Waals surface area contributed by atoms with Gasteiger partial charge in [-0.2, -0.15) is 0 Å². The highest BCUT2D eigenvalue weighted by atomic mass is 16.6. The first kappa shape index (κ1) is 15.4. The Morgan fingerprint density at radius 2 is 2.15 bits per heavy atom. The quantitative estimate of drug-likeness (QED) is 0.456. The molecule has 0 saturated carbocycles. The Bertz CT molecular complexity index is 529. The summed E-state index contributed by atoms with van der Waals surface area (Å²) in [5, 5.41) is 22.4. The lowest BCUT2D eigenvalue weighted by Gasteiger charge is -2.06. The van der Waals surface area contributed by atoms with E-state index in [1.165, 1.54) is 0 Å². The van der Waals surface area contributed by atoms with Crippen molar-refractivity contribution in [1.29, 1.82) is 0 Å². The zero-order chi connectivity index (χ0) is 15.1. The average molecular weight is 282 g/mol. The van der Waals surface area contributed by atoms with Gasteiger partial charge in [-0.3, -0.25) is 19.7 Å². The molecular weight excluding hydrogens is 268 g/mol. The number of nitro groups is 1. The van der Waals surface area contributed by atoms with Gasteiger partial charge in [-0.25, -0.2) is 0 Å². The molecule has 0 spiro atoms. The first-order chi connectivity index (χ1) is 9.45. The van der Waals surface area contributed by atoms with Crippen LogP contribution in [0.3, 0.4) is 0 Å². The van der Waals surface area contributed by atoms with Gasteiger partial charge in [-0.05, 0) is 19.1 Å². The molecule has 0 aliphatic heterocycles. The first-order valence-corrected chi connectivity index (χ1v) is 5.87. The number of aromatic hydroxyl groups is 1. The summed E-state index contributed by atoms with van der Waals surface area (Å²) in [6.45, 7) is 1.89. The van der Waals surface area contributed by atoms with Crippen LogP contribution in [0.1, 0.15) is 23.7 Å². The minimum Gasteiger partial charge on any atom is -0.508 e. The Morgan fingerprint density at radius 3 is 2.75 bits per heavy atom. The highest BCUT2D eigenvalue weighted by Crippen LogP contribution is 2.23. The van der Waals surface area contributed by atoms with E-state index < -0.39 is 22.5 Å². The number of hydrogen-bond donors (Lipinski definition) is 2. The largest absolute Gasteiger partial charge is 0.508 e. The number of phenolic OH excluding ortho intramolecular Hbond substituents is 1. The van der Waals surface area contributed by atoms with Crippen LogP contribution in [0, 0.1) is 10.1 Å². The lowest BCUT2D eigenvalue weighted by Crippen LogP contribution is -2.27. The molecule has 0 bridgehead atoms. The number of esters is 1. The highest BCUT2D eigenvalue weighted by molar-refractivity contribution is 5.98. The molecule has 8 heteroatoms. The number of carbonyl (C=O) groups is 2. The summed E-state index contributed by atoms with van der Waals surface area (Å²) in [7, 11) is 0. The van der Waals surface area contributed by atoms with E-state index >= 15 is 0 Å². The Morgan fingerprint density at radius 1 is 1.45 bits per heavy atom. The number of ether oxygens (including phenoxy) is 1. The first-order valence-electron chi connectivity index (χ1n) is 5.87. The van der Waals surface area contributed by atoms with Crippen LogP contribution in [-0.4, -0.2) is 35.1 Å². The van der Waals surface area contributed by atoms with Gasteiger partial charge in [0, 0.05) is 12.6 Å². The number of carbonyl (C=O) groups excluding carboxylic acids is 2. The maximum Gasteiger partial charge on any atom is 0.307 e. The van der Waals surface area contributed by atoms with E-state index in [4.69, 9.17) is 0 Å². The van der Waals surface area contributed by atoms with Crippen LogP contribution in [0.5, 0.6) is 5.75 Å². The number of nitro benzene ring substituents is 1. The van der Waals surface area contributed by atoms with Crippen LogP contribution in [-0.2, 0) is 9.53 Å². The number of amides is 1. The Kier molecular flexibility index (Phi) is 5.45. The topological polar surface area (TPSA) is 119 Å². The zero-order valence-electron chi connectivity index (χ0n) is 10.8. The fourth-order valence-corrected chi connectivity index (χ4v) is 1.47. The Labute approximate surface area is 114 Å². The van der Waals surface area contributed by atoms with Gasteiger partial charge < -0.3 is 15.2 Å². The molecule has 8 nitrogen and oxygen atoms in total. The van der Waals surface area contributed by atoms with E-state index in [2.05, 4.69) is 10.1 Å². The van der Waals surface area contributed by atoms with Gasteiger partial charge >= 0.3 is 5.97 Å². The minimum absolute atomic E-state index is 0.00945. The average Bonchev–Trinajstić information content (AvgIpc) is 2.38. The summed E-state index contributed by atoms with van der Waals surface area (Å²) in [5.74, 6) is -1.47. The van der Waals surface area contributed by atoms with Crippen molar-refractivity contribution in [2.24, 2.45) is 0 Å². The van der Waals surface area contributed by atoms with E-state index in [9.17, 15) is 24.8 Å². The summed E-state index contributed by atoms with van der Waals surface area (Å²) in [4.78, 5) is 32.9. The molecule has 1 aromatic carbocycles. The predicted molar refractivity (Wildman–Crippen MR) is 68.3 cm³/mol. The van der Waals surface area contributed by atoms with Crippen LogP contribution in [0.15, 0.2) is 18.2 Å². The second kappa shape index (κ2) is 7.07. The van der Waals surface area contributed by atoms with E-state index in [-0.39, 0.29) is 30.9 Å². The molecule has 0 unspecified atom stereocenters. The van der Waals surface area contributed by atoms with Gasteiger partial charge in [0.2, 0.25) is 0 Å². The van der Waals surface area contributed by atoms with Gasteiger partial charge in [0.1, 0.15) is 11.3 Å². The number of hydrogen-bond acceptors (Lipinski definition) is 6. The van der Waals surface area contributed by atoms with Crippen molar-refractivity contribution in [3.05, 3.63) is 33.9 Å². The van der Waals surface area contributed by atoms with E-state index in [0.29, 0.717) is 0 Å². The third-order valence-corrected chi connectivity index (χ3v) is 2.34. The van der Waals surface area contributed by atoms with Gasteiger partial charge in [0.15, 0.2) is 0 Å². The molecule has 1 aromatic rings. The van der Waals surface area contributed by atoms with Crippen molar-refractivity contribution >= 4 is 17.6 Å². The molecule has 0 aliphatic rings. The molecule has 2 N–H and O–H groups in total. The predicted octanol–water partition coefficient (Wildman–Crippen LogP) is 0.983. The molecule has 1 rings (SSSR count). The number of nitrogens with one attached hydrogen (secondary N) is 1.